The topological polar surface area (TPSA) is 66.8 Å². The summed E-state index contributed by atoms with van der Waals surface area (Å²) in [5, 5.41) is 18.3. The third-order valence-electron chi connectivity index (χ3n) is 3.01. The zero-order valence-corrected chi connectivity index (χ0v) is 11.2. The van der Waals surface area contributed by atoms with Gasteiger partial charge in [0.15, 0.2) is 0 Å². The first-order valence-electron chi connectivity index (χ1n) is 6.33. The minimum absolute atomic E-state index is 0.0138. The summed E-state index contributed by atoms with van der Waals surface area (Å²) < 4.78 is 5.79. The van der Waals surface area contributed by atoms with Crippen LogP contribution < -0.4 is 4.74 Å². The molecule has 0 saturated carbocycles. The van der Waals surface area contributed by atoms with Gasteiger partial charge < -0.3 is 14.9 Å². The second kappa shape index (κ2) is 6.21. The predicted molar refractivity (Wildman–Crippen MR) is 75.4 cm³/mol. The largest absolute Gasteiger partial charge is 0.478 e. The second-order valence-electron chi connectivity index (χ2n) is 4.44. The van der Waals surface area contributed by atoms with Gasteiger partial charge in [-0.25, -0.2) is 4.79 Å². The van der Waals surface area contributed by atoms with Crippen molar-refractivity contribution in [2.24, 2.45) is 0 Å². The van der Waals surface area contributed by atoms with Crippen LogP contribution in [0.1, 0.15) is 21.5 Å². The molecule has 0 aromatic heterocycles. The molecule has 2 aromatic rings. The van der Waals surface area contributed by atoms with Crippen molar-refractivity contribution in [2.45, 2.75) is 13.3 Å². The Morgan fingerprint density at radius 1 is 1.15 bits per heavy atom. The van der Waals surface area contributed by atoms with Crippen LogP contribution in [-0.2, 0) is 6.42 Å². The molecule has 20 heavy (non-hydrogen) atoms. The minimum atomic E-state index is -1.02. The highest BCUT2D eigenvalue weighted by Gasteiger charge is 2.15. The Hall–Kier alpha value is -2.33. The lowest BCUT2D eigenvalue weighted by Gasteiger charge is -2.14. The van der Waals surface area contributed by atoms with E-state index in [-0.39, 0.29) is 12.2 Å². The number of carboxylic acid groups (broad SMARTS) is 1. The van der Waals surface area contributed by atoms with Gasteiger partial charge in [-0.3, -0.25) is 0 Å². The van der Waals surface area contributed by atoms with E-state index in [2.05, 4.69) is 0 Å². The molecule has 0 heterocycles. The average molecular weight is 272 g/mol. The van der Waals surface area contributed by atoms with E-state index in [4.69, 9.17) is 9.84 Å². The average Bonchev–Trinajstić information content (AvgIpc) is 2.43. The Morgan fingerprint density at radius 2 is 1.90 bits per heavy atom. The van der Waals surface area contributed by atoms with Crippen LogP contribution in [0.2, 0.25) is 0 Å². The molecule has 2 N–H and O–H groups in total. The molecule has 4 heteroatoms. The van der Waals surface area contributed by atoms with Gasteiger partial charge in [0.2, 0.25) is 0 Å². The van der Waals surface area contributed by atoms with Crippen molar-refractivity contribution in [3.63, 3.8) is 0 Å². The maximum atomic E-state index is 11.3. The number of aliphatic hydroxyl groups excluding tert-OH is 1. The SMILES string of the molecule is Cc1cccc(C(=O)O)c1Oc1ccccc1CCO. The molecule has 0 aliphatic rings. The number of hydrogen-bond acceptors (Lipinski definition) is 3. The zero-order valence-electron chi connectivity index (χ0n) is 11.2. The second-order valence-corrected chi connectivity index (χ2v) is 4.44. The smallest absolute Gasteiger partial charge is 0.339 e. The molecule has 2 rings (SSSR count). The van der Waals surface area contributed by atoms with E-state index >= 15 is 0 Å². The van der Waals surface area contributed by atoms with Gasteiger partial charge in [0.1, 0.15) is 17.1 Å². The van der Waals surface area contributed by atoms with Crippen LogP contribution >= 0.6 is 0 Å². The first-order chi connectivity index (χ1) is 9.63. The van der Waals surface area contributed by atoms with Gasteiger partial charge >= 0.3 is 5.97 Å². The molecule has 104 valence electrons. The van der Waals surface area contributed by atoms with E-state index in [1.807, 2.05) is 18.2 Å². The zero-order chi connectivity index (χ0) is 14.5. The molecule has 0 saturated heterocycles. The standard InChI is InChI=1S/C16H16O4/c1-11-5-4-7-13(16(18)19)15(11)20-14-8-3-2-6-12(14)9-10-17/h2-8,17H,9-10H2,1H3,(H,18,19). The van der Waals surface area contributed by atoms with Crippen LogP contribution in [0.25, 0.3) is 0 Å². The highest BCUT2D eigenvalue weighted by Crippen LogP contribution is 2.31. The number of ether oxygens (including phenoxy) is 1. The number of aryl methyl sites for hydroxylation is 1. The van der Waals surface area contributed by atoms with E-state index < -0.39 is 5.97 Å². The molecule has 0 unspecified atom stereocenters. The van der Waals surface area contributed by atoms with Gasteiger partial charge in [-0.05, 0) is 36.6 Å². The summed E-state index contributed by atoms with van der Waals surface area (Å²) in [4.78, 5) is 11.3. The van der Waals surface area contributed by atoms with Crippen molar-refractivity contribution in [2.75, 3.05) is 6.61 Å². The summed E-state index contributed by atoms with van der Waals surface area (Å²) in [7, 11) is 0. The molecular weight excluding hydrogens is 256 g/mol. The van der Waals surface area contributed by atoms with Crippen molar-refractivity contribution in [1.82, 2.24) is 0 Å². The lowest BCUT2D eigenvalue weighted by atomic mass is 10.1. The molecule has 4 nitrogen and oxygen atoms in total. The van der Waals surface area contributed by atoms with Crippen LogP contribution in [0.5, 0.6) is 11.5 Å². The molecule has 0 spiro atoms. The number of rotatable bonds is 5. The molecule has 2 aromatic carbocycles. The highest BCUT2D eigenvalue weighted by atomic mass is 16.5. The van der Waals surface area contributed by atoms with Gasteiger partial charge in [-0.1, -0.05) is 30.3 Å². The molecule has 0 atom stereocenters. The first-order valence-corrected chi connectivity index (χ1v) is 6.33. The van der Waals surface area contributed by atoms with Crippen LogP contribution in [0.15, 0.2) is 42.5 Å². The lowest BCUT2D eigenvalue weighted by Crippen LogP contribution is -2.03. The summed E-state index contributed by atoms with van der Waals surface area (Å²) in [5.41, 5.74) is 1.72. The van der Waals surface area contributed by atoms with Gasteiger partial charge in [-0.15, -0.1) is 0 Å². The fourth-order valence-electron chi connectivity index (χ4n) is 2.00. The Balaban J connectivity index is 2.42. The number of aromatic carboxylic acids is 1. The molecule has 0 fully saturated rings. The van der Waals surface area contributed by atoms with Gasteiger partial charge in [0.25, 0.3) is 0 Å². The van der Waals surface area contributed by atoms with Gasteiger partial charge in [0, 0.05) is 6.61 Å². The van der Waals surface area contributed by atoms with E-state index in [0.29, 0.717) is 17.9 Å². The summed E-state index contributed by atoms with van der Waals surface area (Å²) in [6.07, 6.45) is 0.463. The molecule has 0 aliphatic carbocycles. The molecule has 0 bridgehead atoms. The van der Waals surface area contributed by atoms with E-state index in [0.717, 1.165) is 11.1 Å². The van der Waals surface area contributed by atoms with Crippen LogP contribution in [-0.4, -0.2) is 22.8 Å². The first kappa shape index (κ1) is 14.1. The van der Waals surface area contributed by atoms with Crippen LogP contribution in [0.3, 0.4) is 0 Å². The summed E-state index contributed by atoms with van der Waals surface area (Å²) in [6.45, 7) is 1.82. The van der Waals surface area contributed by atoms with Gasteiger partial charge in [0.05, 0.1) is 0 Å². The van der Waals surface area contributed by atoms with Crippen molar-refractivity contribution in [3.05, 3.63) is 59.2 Å². The van der Waals surface area contributed by atoms with E-state index in [9.17, 15) is 9.90 Å². The number of carbonyl (C=O) groups is 1. The maximum absolute atomic E-state index is 11.3. The predicted octanol–water partition coefficient (Wildman–Crippen LogP) is 3.02. The maximum Gasteiger partial charge on any atom is 0.339 e. The monoisotopic (exact) mass is 272 g/mol. The van der Waals surface area contributed by atoms with E-state index in [1.54, 1.807) is 25.1 Å². The number of benzene rings is 2. The minimum Gasteiger partial charge on any atom is -0.478 e. The number of hydrogen-bond donors (Lipinski definition) is 2. The summed E-state index contributed by atoms with van der Waals surface area (Å²) in [5.74, 6) is -0.118. The third kappa shape index (κ3) is 2.97. The van der Waals surface area contributed by atoms with Crippen LogP contribution in [0, 0.1) is 6.92 Å². The Kier molecular flexibility index (Phi) is 4.38. The number of aliphatic hydroxyl groups is 1. The fraction of sp³-hybridized carbons (Fsp3) is 0.188. The summed E-state index contributed by atoms with van der Waals surface area (Å²) >= 11 is 0. The highest BCUT2D eigenvalue weighted by molar-refractivity contribution is 5.91. The lowest BCUT2D eigenvalue weighted by molar-refractivity contribution is 0.0694. The van der Waals surface area contributed by atoms with Crippen molar-refractivity contribution < 1.29 is 19.7 Å². The molecule has 0 amide bonds. The normalized spacial score (nSPS) is 10.3. The van der Waals surface area contributed by atoms with Crippen LogP contribution in [0.4, 0.5) is 0 Å². The quantitative estimate of drug-likeness (QED) is 0.878. The van der Waals surface area contributed by atoms with Crippen molar-refractivity contribution in [1.29, 1.82) is 0 Å². The number of para-hydroxylation sites is 2. The van der Waals surface area contributed by atoms with Gasteiger partial charge in [-0.2, -0.15) is 0 Å². The third-order valence-corrected chi connectivity index (χ3v) is 3.01. The summed E-state index contributed by atoms with van der Waals surface area (Å²) in [6, 6.07) is 12.3. The van der Waals surface area contributed by atoms with Crippen molar-refractivity contribution in [3.8, 4) is 11.5 Å². The van der Waals surface area contributed by atoms with Crippen molar-refractivity contribution >= 4 is 5.97 Å². The molecule has 0 radical (unpaired) electrons. The molecular formula is C16H16O4. The Morgan fingerprint density at radius 3 is 2.60 bits per heavy atom. The van der Waals surface area contributed by atoms with E-state index in [1.165, 1.54) is 6.07 Å². The number of carboxylic acids is 1. The Bertz CT molecular complexity index is 620. The fourth-order valence-corrected chi connectivity index (χ4v) is 2.00. The molecule has 0 aliphatic heterocycles. The Labute approximate surface area is 117 Å².